The monoisotopic (exact) mass is 341 g/mol. The zero-order valence-corrected chi connectivity index (χ0v) is 14.1. The molecule has 5 heteroatoms. The van der Waals surface area contributed by atoms with Crippen LogP contribution < -0.4 is 4.90 Å². The van der Waals surface area contributed by atoms with Gasteiger partial charge in [-0.3, -0.25) is 9.59 Å². The SMILES string of the molecule is CC(C)SC1=C(c2ccccc2)C(=O)N(c2ccccc2F)C1=O. The summed E-state index contributed by atoms with van der Waals surface area (Å²) in [6.45, 7) is 3.90. The van der Waals surface area contributed by atoms with E-state index >= 15 is 0 Å². The molecule has 0 unspecified atom stereocenters. The van der Waals surface area contributed by atoms with Crippen LogP contribution in [0.15, 0.2) is 59.5 Å². The van der Waals surface area contributed by atoms with Gasteiger partial charge in [0.05, 0.1) is 16.2 Å². The van der Waals surface area contributed by atoms with E-state index in [-0.39, 0.29) is 10.9 Å². The van der Waals surface area contributed by atoms with E-state index in [1.165, 1.54) is 30.0 Å². The number of para-hydroxylation sites is 1. The van der Waals surface area contributed by atoms with E-state index in [4.69, 9.17) is 0 Å². The maximum atomic E-state index is 14.1. The van der Waals surface area contributed by atoms with Gasteiger partial charge < -0.3 is 0 Å². The molecule has 1 aliphatic heterocycles. The number of amides is 2. The Labute approximate surface area is 144 Å². The van der Waals surface area contributed by atoms with Gasteiger partial charge >= 0.3 is 0 Å². The molecule has 122 valence electrons. The zero-order valence-electron chi connectivity index (χ0n) is 13.3. The van der Waals surface area contributed by atoms with Crippen molar-refractivity contribution in [2.45, 2.75) is 19.1 Å². The number of hydrogen-bond donors (Lipinski definition) is 0. The fourth-order valence-electron chi connectivity index (χ4n) is 2.57. The Balaban J connectivity index is 2.13. The molecule has 0 fully saturated rings. The van der Waals surface area contributed by atoms with Crippen LogP contribution >= 0.6 is 11.8 Å². The molecule has 0 saturated carbocycles. The van der Waals surface area contributed by atoms with Gasteiger partial charge in [-0.2, -0.15) is 0 Å². The molecule has 2 aromatic rings. The van der Waals surface area contributed by atoms with Crippen molar-refractivity contribution in [1.82, 2.24) is 0 Å². The van der Waals surface area contributed by atoms with Crippen molar-refractivity contribution in [1.29, 1.82) is 0 Å². The fourth-order valence-corrected chi connectivity index (χ4v) is 3.55. The lowest BCUT2D eigenvalue weighted by Gasteiger charge is -2.16. The van der Waals surface area contributed by atoms with Crippen molar-refractivity contribution in [3.8, 4) is 0 Å². The van der Waals surface area contributed by atoms with E-state index in [1.54, 1.807) is 18.2 Å². The summed E-state index contributed by atoms with van der Waals surface area (Å²) in [6, 6.07) is 14.8. The predicted molar refractivity (Wildman–Crippen MR) is 95.0 cm³/mol. The summed E-state index contributed by atoms with van der Waals surface area (Å²) >= 11 is 1.33. The van der Waals surface area contributed by atoms with E-state index in [0.29, 0.717) is 16.0 Å². The second-order valence-electron chi connectivity index (χ2n) is 5.63. The third-order valence-corrected chi connectivity index (χ3v) is 4.64. The molecule has 2 aromatic carbocycles. The molecule has 0 saturated heterocycles. The first-order chi connectivity index (χ1) is 11.5. The van der Waals surface area contributed by atoms with Crippen molar-refractivity contribution in [3.05, 3.63) is 70.9 Å². The van der Waals surface area contributed by atoms with E-state index < -0.39 is 17.6 Å². The molecule has 0 aromatic heterocycles. The second kappa shape index (κ2) is 6.61. The Hall–Kier alpha value is -2.40. The van der Waals surface area contributed by atoms with Gasteiger partial charge in [0.25, 0.3) is 11.8 Å². The average molecular weight is 341 g/mol. The Bertz CT molecular complexity index is 830. The lowest BCUT2D eigenvalue weighted by atomic mass is 10.1. The van der Waals surface area contributed by atoms with E-state index in [2.05, 4.69) is 0 Å². The number of halogens is 1. The summed E-state index contributed by atoms with van der Waals surface area (Å²) < 4.78 is 14.1. The van der Waals surface area contributed by atoms with Crippen molar-refractivity contribution in [2.75, 3.05) is 4.90 Å². The number of imide groups is 1. The summed E-state index contributed by atoms with van der Waals surface area (Å²) in [5.41, 5.74) is 0.987. The molecule has 0 aliphatic carbocycles. The number of rotatable bonds is 4. The molecule has 3 nitrogen and oxygen atoms in total. The van der Waals surface area contributed by atoms with Crippen LogP contribution in [-0.4, -0.2) is 17.1 Å². The van der Waals surface area contributed by atoms with Gasteiger partial charge in [0.2, 0.25) is 0 Å². The van der Waals surface area contributed by atoms with Gasteiger partial charge in [0.15, 0.2) is 0 Å². The molecular weight excluding hydrogens is 325 g/mol. The summed E-state index contributed by atoms with van der Waals surface area (Å²) in [7, 11) is 0. The third kappa shape index (κ3) is 2.87. The molecule has 3 rings (SSSR count). The van der Waals surface area contributed by atoms with Crippen LogP contribution in [0.3, 0.4) is 0 Å². The normalized spacial score (nSPS) is 14.9. The van der Waals surface area contributed by atoms with Gasteiger partial charge in [-0.05, 0) is 17.7 Å². The Kier molecular flexibility index (Phi) is 4.53. The molecule has 0 N–H and O–H groups in total. The summed E-state index contributed by atoms with van der Waals surface area (Å²) in [5, 5.41) is 0.121. The molecule has 0 bridgehead atoms. The van der Waals surface area contributed by atoms with E-state index in [0.717, 1.165) is 4.90 Å². The average Bonchev–Trinajstić information content (AvgIpc) is 2.79. The number of carbonyl (C=O) groups excluding carboxylic acids is 2. The standard InChI is InChI=1S/C19H16FNO2S/c1-12(2)24-17-16(13-8-4-3-5-9-13)18(22)21(19(17)23)15-11-7-6-10-14(15)20/h3-12H,1-2H3. The first-order valence-corrected chi connectivity index (χ1v) is 8.48. The molecular formula is C19H16FNO2S. The van der Waals surface area contributed by atoms with Gasteiger partial charge in [0.1, 0.15) is 5.82 Å². The van der Waals surface area contributed by atoms with Crippen LogP contribution in [0.2, 0.25) is 0 Å². The Morgan fingerprint density at radius 3 is 2.17 bits per heavy atom. The predicted octanol–water partition coefficient (Wildman–Crippen LogP) is 4.25. The van der Waals surface area contributed by atoms with Crippen LogP contribution in [0.1, 0.15) is 19.4 Å². The smallest absolute Gasteiger partial charge is 0.268 e. The molecule has 24 heavy (non-hydrogen) atoms. The third-order valence-electron chi connectivity index (χ3n) is 3.55. The van der Waals surface area contributed by atoms with Gasteiger partial charge in [-0.25, -0.2) is 9.29 Å². The molecule has 2 amide bonds. The van der Waals surface area contributed by atoms with Gasteiger partial charge in [-0.1, -0.05) is 56.3 Å². The lowest BCUT2D eigenvalue weighted by Crippen LogP contribution is -2.32. The zero-order chi connectivity index (χ0) is 17.3. The minimum absolute atomic E-state index is 0.0136. The van der Waals surface area contributed by atoms with Crippen LogP contribution in [0.25, 0.3) is 5.57 Å². The maximum Gasteiger partial charge on any atom is 0.272 e. The summed E-state index contributed by atoms with van der Waals surface area (Å²) in [6.07, 6.45) is 0. The molecule has 0 radical (unpaired) electrons. The topological polar surface area (TPSA) is 37.4 Å². The lowest BCUT2D eigenvalue weighted by molar-refractivity contribution is -0.119. The highest BCUT2D eigenvalue weighted by Gasteiger charge is 2.41. The Morgan fingerprint density at radius 2 is 1.54 bits per heavy atom. The van der Waals surface area contributed by atoms with Crippen LogP contribution in [0, 0.1) is 5.82 Å². The maximum absolute atomic E-state index is 14.1. The number of nitrogens with zero attached hydrogens (tertiary/aromatic N) is 1. The van der Waals surface area contributed by atoms with Crippen LogP contribution in [0.4, 0.5) is 10.1 Å². The molecule has 1 aliphatic rings. The molecule has 0 spiro atoms. The summed E-state index contributed by atoms with van der Waals surface area (Å²) in [5.74, 6) is -1.55. The van der Waals surface area contributed by atoms with Gasteiger partial charge in [0, 0.05) is 5.25 Å². The van der Waals surface area contributed by atoms with Crippen molar-refractivity contribution in [3.63, 3.8) is 0 Å². The first-order valence-electron chi connectivity index (χ1n) is 7.60. The molecule has 0 atom stereocenters. The van der Waals surface area contributed by atoms with Crippen molar-refractivity contribution in [2.24, 2.45) is 0 Å². The van der Waals surface area contributed by atoms with Crippen molar-refractivity contribution < 1.29 is 14.0 Å². The van der Waals surface area contributed by atoms with E-state index in [9.17, 15) is 14.0 Å². The number of carbonyl (C=O) groups is 2. The number of anilines is 1. The van der Waals surface area contributed by atoms with Crippen LogP contribution in [-0.2, 0) is 9.59 Å². The van der Waals surface area contributed by atoms with Gasteiger partial charge in [-0.15, -0.1) is 11.8 Å². The van der Waals surface area contributed by atoms with E-state index in [1.807, 2.05) is 32.0 Å². The highest BCUT2D eigenvalue weighted by Crippen LogP contribution is 2.40. The number of benzene rings is 2. The second-order valence-corrected chi connectivity index (χ2v) is 7.22. The fraction of sp³-hybridized carbons (Fsp3) is 0.158. The number of hydrogen-bond acceptors (Lipinski definition) is 3. The highest BCUT2D eigenvalue weighted by atomic mass is 32.2. The first kappa shape index (κ1) is 16.5. The largest absolute Gasteiger partial charge is 0.272 e. The van der Waals surface area contributed by atoms with Crippen molar-refractivity contribution >= 4 is 34.8 Å². The van der Waals surface area contributed by atoms with Crippen LogP contribution in [0.5, 0.6) is 0 Å². The number of thioether (sulfide) groups is 1. The minimum atomic E-state index is -0.595. The Morgan fingerprint density at radius 1 is 0.917 bits per heavy atom. The quantitative estimate of drug-likeness (QED) is 0.780. The highest BCUT2D eigenvalue weighted by molar-refractivity contribution is 8.04. The minimum Gasteiger partial charge on any atom is -0.268 e. The molecule has 1 heterocycles. The summed E-state index contributed by atoms with van der Waals surface area (Å²) in [4.78, 5) is 27.1.